The Balaban J connectivity index is 1.76. The van der Waals surface area contributed by atoms with Gasteiger partial charge in [0.1, 0.15) is 6.04 Å². The van der Waals surface area contributed by atoms with Gasteiger partial charge in [0, 0.05) is 5.69 Å². The van der Waals surface area contributed by atoms with Crippen LogP contribution in [0, 0.1) is 0 Å². The fourth-order valence-electron chi connectivity index (χ4n) is 3.06. The number of hydrogen-bond donors (Lipinski definition) is 3. The molecular formula is C18H21N3O. The first kappa shape index (κ1) is 14.6. The Kier molecular flexibility index (Phi) is 4.11. The van der Waals surface area contributed by atoms with E-state index in [1.165, 1.54) is 5.56 Å². The summed E-state index contributed by atoms with van der Waals surface area (Å²) in [6.45, 7) is 0. The van der Waals surface area contributed by atoms with Crippen molar-refractivity contribution in [3.8, 4) is 0 Å². The number of amides is 1. The Morgan fingerprint density at radius 2 is 1.95 bits per heavy atom. The van der Waals surface area contributed by atoms with Crippen LogP contribution in [0.2, 0.25) is 0 Å². The van der Waals surface area contributed by atoms with Crippen molar-refractivity contribution >= 4 is 11.6 Å². The quantitative estimate of drug-likeness (QED) is 0.761. The van der Waals surface area contributed by atoms with Crippen LogP contribution in [0.15, 0.2) is 48.5 Å². The molecular weight excluding hydrogens is 274 g/mol. The normalized spacial score (nSPS) is 18.3. The second-order valence-electron chi connectivity index (χ2n) is 5.80. The van der Waals surface area contributed by atoms with Gasteiger partial charge in [0.25, 0.3) is 0 Å². The molecule has 114 valence electrons. The van der Waals surface area contributed by atoms with E-state index in [2.05, 4.69) is 5.32 Å². The molecule has 0 fully saturated rings. The van der Waals surface area contributed by atoms with Gasteiger partial charge in [-0.1, -0.05) is 36.4 Å². The van der Waals surface area contributed by atoms with Crippen LogP contribution in [-0.4, -0.2) is 5.91 Å². The predicted octanol–water partition coefficient (Wildman–Crippen LogP) is 2.46. The molecule has 0 heterocycles. The first-order chi connectivity index (χ1) is 10.6. The van der Waals surface area contributed by atoms with Crippen LogP contribution >= 0.6 is 0 Å². The maximum Gasteiger partial charge on any atom is 0.241 e. The molecule has 2 aromatic rings. The third kappa shape index (κ3) is 2.97. The molecule has 22 heavy (non-hydrogen) atoms. The molecule has 1 aliphatic carbocycles. The van der Waals surface area contributed by atoms with E-state index >= 15 is 0 Å². The molecule has 0 saturated heterocycles. The summed E-state index contributed by atoms with van der Waals surface area (Å²) in [6.07, 6.45) is 2.99. The number of nitrogens with one attached hydrogen (secondary N) is 1. The van der Waals surface area contributed by atoms with Gasteiger partial charge < -0.3 is 16.8 Å². The molecule has 0 bridgehead atoms. The molecule has 2 unspecified atom stereocenters. The standard InChI is InChI=1S/C18H21N3O/c19-14-9-10-15-13(11-14)7-4-8-16(15)21-18(22)17(20)12-5-2-1-3-6-12/h1-3,5-6,9-11,16-17H,4,7-8,19-20H2,(H,21,22). The Morgan fingerprint density at radius 1 is 1.18 bits per heavy atom. The summed E-state index contributed by atoms with van der Waals surface area (Å²) < 4.78 is 0. The van der Waals surface area contributed by atoms with E-state index in [0.717, 1.165) is 36.1 Å². The SMILES string of the molecule is Nc1ccc2c(c1)CCCC2NC(=O)C(N)c1ccccc1. The van der Waals surface area contributed by atoms with Crippen LogP contribution in [0.5, 0.6) is 0 Å². The van der Waals surface area contributed by atoms with Crippen molar-refractivity contribution in [3.63, 3.8) is 0 Å². The minimum atomic E-state index is -0.639. The summed E-state index contributed by atoms with van der Waals surface area (Å²) in [4.78, 5) is 12.4. The zero-order valence-electron chi connectivity index (χ0n) is 12.5. The van der Waals surface area contributed by atoms with Crippen LogP contribution in [-0.2, 0) is 11.2 Å². The lowest BCUT2D eigenvalue weighted by Gasteiger charge is -2.27. The van der Waals surface area contributed by atoms with E-state index in [-0.39, 0.29) is 11.9 Å². The van der Waals surface area contributed by atoms with E-state index in [9.17, 15) is 4.79 Å². The summed E-state index contributed by atoms with van der Waals surface area (Å²) in [5.74, 6) is -0.138. The predicted molar refractivity (Wildman–Crippen MR) is 88.0 cm³/mol. The van der Waals surface area contributed by atoms with Gasteiger partial charge in [0.2, 0.25) is 5.91 Å². The number of rotatable bonds is 3. The van der Waals surface area contributed by atoms with Crippen molar-refractivity contribution in [1.82, 2.24) is 5.32 Å². The lowest BCUT2D eigenvalue weighted by molar-refractivity contribution is -0.123. The molecule has 0 aromatic heterocycles. The van der Waals surface area contributed by atoms with E-state index in [1.807, 2.05) is 48.5 Å². The highest BCUT2D eigenvalue weighted by Gasteiger charge is 2.24. The number of carbonyl (C=O) groups excluding carboxylic acids is 1. The van der Waals surface area contributed by atoms with Crippen LogP contribution in [0.25, 0.3) is 0 Å². The maximum absolute atomic E-state index is 12.4. The molecule has 0 spiro atoms. The van der Waals surface area contributed by atoms with Gasteiger partial charge in [0.15, 0.2) is 0 Å². The lowest BCUT2D eigenvalue weighted by Crippen LogP contribution is -2.37. The molecule has 2 atom stereocenters. The third-order valence-electron chi connectivity index (χ3n) is 4.24. The van der Waals surface area contributed by atoms with E-state index < -0.39 is 6.04 Å². The van der Waals surface area contributed by atoms with Gasteiger partial charge in [-0.05, 0) is 48.1 Å². The molecule has 4 heteroatoms. The van der Waals surface area contributed by atoms with Crippen LogP contribution in [0.1, 0.15) is 41.6 Å². The molecule has 2 aromatic carbocycles. The molecule has 3 rings (SSSR count). The highest BCUT2D eigenvalue weighted by Crippen LogP contribution is 2.31. The number of hydrogen-bond acceptors (Lipinski definition) is 3. The third-order valence-corrected chi connectivity index (χ3v) is 4.24. The Labute approximate surface area is 130 Å². The van der Waals surface area contributed by atoms with E-state index in [4.69, 9.17) is 11.5 Å². The largest absolute Gasteiger partial charge is 0.399 e. The van der Waals surface area contributed by atoms with Gasteiger partial charge in [0.05, 0.1) is 6.04 Å². The summed E-state index contributed by atoms with van der Waals surface area (Å²) in [6, 6.07) is 14.7. The summed E-state index contributed by atoms with van der Waals surface area (Å²) in [5, 5.41) is 3.09. The van der Waals surface area contributed by atoms with Crippen molar-refractivity contribution in [2.24, 2.45) is 5.73 Å². The van der Waals surface area contributed by atoms with Crippen molar-refractivity contribution in [1.29, 1.82) is 0 Å². The Morgan fingerprint density at radius 3 is 2.73 bits per heavy atom. The van der Waals surface area contributed by atoms with Crippen LogP contribution in [0.4, 0.5) is 5.69 Å². The minimum Gasteiger partial charge on any atom is -0.399 e. The molecule has 5 N–H and O–H groups in total. The van der Waals surface area contributed by atoms with Gasteiger partial charge in [-0.15, -0.1) is 0 Å². The molecule has 0 radical (unpaired) electrons. The fourth-order valence-corrected chi connectivity index (χ4v) is 3.06. The van der Waals surface area contributed by atoms with Gasteiger partial charge >= 0.3 is 0 Å². The Bertz CT molecular complexity index is 669. The zero-order chi connectivity index (χ0) is 15.5. The second-order valence-corrected chi connectivity index (χ2v) is 5.80. The number of benzene rings is 2. The summed E-state index contributed by atoms with van der Waals surface area (Å²) in [7, 11) is 0. The minimum absolute atomic E-state index is 0.0200. The Hall–Kier alpha value is -2.33. The molecule has 4 nitrogen and oxygen atoms in total. The van der Waals surface area contributed by atoms with Crippen molar-refractivity contribution < 1.29 is 4.79 Å². The average Bonchev–Trinajstić information content (AvgIpc) is 2.55. The number of nitrogens with two attached hydrogens (primary N) is 2. The summed E-state index contributed by atoms with van der Waals surface area (Å²) in [5.41, 5.74) is 15.9. The van der Waals surface area contributed by atoms with Crippen molar-refractivity contribution in [2.45, 2.75) is 31.3 Å². The monoisotopic (exact) mass is 295 g/mol. The van der Waals surface area contributed by atoms with E-state index in [1.54, 1.807) is 0 Å². The van der Waals surface area contributed by atoms with Crippen LogP contribution in [0.3, 0.4) is 0 Å². The molecule has 0 saturated carbocycles. The number of aryl methyl sites for hydroxylation is 1. The molecule has 1 aliphatic rings. The van der Waals surface area contributed by atoms with Gasteiger partial charge in [-0.2, -0.15) is 0 Å². The lowest BCUT2D eigenvalue weighted by atomic mass is 9.87. The van der Waals surface area contributed by atoms with Crippen molar-refractivity contribution in [2.75, 3.05) is 5.73 Å². The van der Waals surface area contributed by atoms with Gasteiger partial charge in [-0.25, -0.2) is 0 Å². The second kappa shape index (κ2) is 6.20. The molecule has 1 amide bonds. The first-order valence-electron chi connectivity index (χ1n) is 7.64. The number of nitrogen functional groups attached to an aromatic ring is 1. The number of carbonyl (C=O) groups is 1. The van der Waals surface area contributed by atoms with Crippen molar-refractivity contribution in [3.05, 3.63) is 65.2 Å². The molecule has 0 aliphatic heterocycles. The fraction of sp³-hybridized carbons (Fsp3) is 0.278. The van der Waals surface area contributed by atoms with Crippen LogP contribution < -0.4 is 16.8 Å². The number of fused-ring (bicyclic) bond motifs is 1. The average molecular weight is 295 g/mol. The highest BCUT2D eigenvalue weighted by atomic mass is 16.2. The smallest absolute Gasteiger partial charge is 0.241 e. The topological polar surface area (TPSA) is 81.1 Å². The maximum atomic E-state index is 12.4. The first-order valence-corrected chi connectivity index (χ1v) is 7.64. The number of anilines is 1. The van der Waals surface area contributed by atoms with Gasteiger partial charge in [-0.3, -0.25) is 4.79 Å². The zero-order valence-corrected chi connectivity index (χ0v) is 12.5. The highest BCUT2D eigenvalue weighted by molar-refractivity contribution is 5.83. The summed E-state index contributed by atoms with van der Waals surface area (Å²) >= 11 is 0. The van der Waals surface area contributed by atoms with E-state index in [0.29, 0.717) is 0 Å².